The SMILES string of the molecule is CN1CCCC(NC(c2cccs2)C2CCCC2)C1. The van der Waals surface area contributed by atoms with Crippen LogP contribution < -0.4 is 5.32 Å². The molecule has 2 heterocycles. The number of rotatable bonds is 4. The van der Waals surface area contributed by atoms with Crippen molar-refractivity contribution >= 4 is 11.3 Å². The van der Waals surface area contributed by atoms with Crippen LogP contribution in [0.5, 0.6) is 0 Å². The second kappa shape index (κ2) is 6.38. The fourth-order valence-corrected chi connectivity index (χ4v) is 4.64. The first-order chi connectivity index (χ1) is 9.33. The van der Waals surface area contributed by atoms with Crippen molar-refractivity contribution in [3.63, 3.8) is 0 Å². The van der Waals surface area contributed by atoms with E-state index in [9.17, 15) is 0 Å². The molecule has 1 aromatic heterocycles. The predicted octanol–water partition coefficient (Wildman–Crippen LogP) is 3.66. The van der Waals surface area contributed by atoms with Crippen molar-refractivity contribution in [2.45, 2.75) is 50.6 Å². The van der Waals surface area contributed by atoms with Gasteiger partial charge >= 0.3 is 0 Å². The summed E-state index contributed by atoms with van der Waals surface area (Å²) in [5.41, 5.74) is 0. The minimum atomic E-state index is 0.610. The number of likely N-dealkylation sites (tertiary alicyclic amines) is 1. The lowest BCUT2D eigenvalue weighted by Gasteiger charge is -2.35. The summed E-state index contributed by atoms with van der Waals surface area (Å²) >= 11 is 1.93. The summed E-state index contributed by atoms with van der Waals surface area (Å²) in [7, 11) is 2.25. The van der Waals surface area contributed by atoms with E-state index in [0.29, 0.717) is 12.1 Å². The molecule has 1 saturated carbocycles. The maximum Gasteiger partial charge on any atom is 0.0445 e. The summed E-state index contributed by atoms with van der Waals surface area (Å²) in [5, 5.41) is 6.23. The number of nitrogens with zero attached hydrogens (tertiary/aromatic N) is 1. The first-order valence-corrected chi connectivity index (χ1v) is 8.69. The molecular weight excluding hydrogens is 252 g/mol. The maximum absolute atomic E-state index is 4.00. The minimum Gasteiger partial charge on any atom is -0.305 e. The lowest BCUT2D eigenvalue weighted by molar-refractivity contribution is 0.202. The Balaban J connectivity index is 1.68. The molecule has 19 heavy (non-hydrogen) atoms. The first kappa shape index (κ1) is 13.6. The summed E-state index contributed by atoms with van der Waals surface area (Å²) in [5.74, 6) is 0.867. The van der Waals surface area contributed by atoms with Crippen molar-refractivity contribution in [3.8, 4) is 0 Å². The molecule has 106 valence electrons. The Morgan fingerprint density at radius 2 is 2.11 bits per heavy atom. The van der Waals surface area contributed by atoms with E-state index < -0.39 is 0 Å². The molecule has 0 aromatic carbocycles. The van der Waals surface area contributed by atoms with E-state index in [0.717, 1.165) is 5.92 Å². The van der Waals surface area contributed by atoms with Crippen LogP contribution in [0.2, 0.25) is 0 Å². The van der Waals surface area contributed by atoms with E-state index in [2.05, 4.69) is 34.8 Å². The Labute approximate surface area is 121 Å². The van der Waals surface area contributed by atoms with Gasteiger partial charge in [0.15, 0.2) is 0 Å². The first-order valence-electron chi connectivity index (χ1n) is 7.81. The number of piperidine rings is 1. The van der Waals surface area contributed by atoms with E-state index in [-0.39, 0.29) is 0 Å². The van der Waals surface area contributed by atoms with Crippen LogP contribution in [0.3, 0.4) is 0 Å². The van der Waals surface area contributed by atoms with Crippen molar-refractivity contribution in [2.75, 3.05) is 20.1 Å². The van der Waals surface area contributed by atoms with Crippen LogP contribution in [0, 0.1) is 5.92 Å². The van der Waals surface area contributed by atoms with Crippen LogP contribution >= 0.6 is 11.3 Å². The van der Waals surface area contributed by atoms with Crippen LogP contribution in [0.25, 0.3) is 0 Å². The van der Waals surface area contributed by atoms with Gasteiger partial charge in [0.05, 0.1) is 0 Å². The fraction of sp³-hybridized carbons (Fsp3) is 0.750. The van der Waals surface area contributed by atoms with Gasteiger partial charge in [-0.3, -0.25) is 0 Å². The van der Waals surface area contributed by atoms with Gasteiger partial charge in [0.25, 0.3) is 0 Å². The molecule has 1 N–H and O–H groups in total. The Kier molecular flexibility index (Phi) is 4.57. The van der Waals surface area contributed by atoms with E-state index in [1.807, 2.05) is 11.3 Å². The third-order valence-electron chi connectivity index (χ3n) is 4.76. The number of likely N-dealkylation sites (N-methyl/N-ethyl adjacent to an activating group) is 1. The zero-order valence-electron chi connectivity index (χ0n) is 12.0. The van der Waals surface area contributed by atoms with Crippen LogP contribution in [-0.4, -0.2) is 31.1 Å². The molecule has 2 fully saturated rings. The van der Waals surface area contributed by atoms with Gasteiger partial charge in [0.2, 0.25) is 0 Å². The topological polar surface area (TPSA) is 15.3 Å². The average Bonchev–Trinajstić information content (AvgIpc) is 3.10. The van der Waals surface area contributed by atoms with Crippen LogP contribution in [0.4, 0.5) is 0 Å². The van der Waals surface area contributed by atoms with Crippen molar-refractivity contribution in [1.82, 2.24) is 10.2 Å². The van der Waals surface area contributed by atoms with E-state index in [1.165, 1.54) is 51.6 Å². The third-order valence-corrected chi connectivity index (χ3v) is 5.72. The molecule has 2 atom stereocenters. The zero-order chi connectivity index (χ0) is 13.1. The molecule has 1 aromatic rings. The third kappa shape index (κ3) is 3.39. The van der Waals surface area contributed by atoms with E-state index in [4.69, 9.17) is 0 Å². The van der Waals surface area contributed by atoms with Gasteiger partial charge in [-0.2, -0.15) is 0 Å². The molecule has 0 amide bonds. The highest BCUT2D eigenvalue weighted by Crippen LogP contribution is 2.38. The number of nitrogens with one attached hydrogen (secondary N) is 1. The van der Waals surface area contributed by atoms with Crippen LogP contribution in [0.15, 0.2) is 17.5 Å². The Morgan fingerprint density at radius 3 is 2.79 bits per heavy atom. The van der Waals surface area contributed by atoms with E-state index in [1.54, 1.807) is 4.88 Å². The Hall–Kier alpha value is -0.380. The highest BCUT2D eigenvalue weighted by molar-refractivity contribution is 7.10. The maximum atomic E-state index is 4.00. The molecule has 1 saturated heterocycles. The molecule has 0 spiro atoms. The summed E-state index contributed by atoms with van der Waals surface area (Å²) in [6.45, 7) is 2.49. The highest BCUT2D eigenvalue weighted by Gasteiger charge is 2.29. The van der Waals surface area contributed by atoms with Gasteiger partial charge in [-0.25, -0.2) is 0 Å². The molecule has 0 radical (unpaired) electrons. The van der Waals surface area contributed by atoms with Crippen molar-refractivity contribution in [3.05, 3.63) is 22.4 Å². The summed E-state index contributed by atoms with van der Waals surface area (Å²) < 4.78 is 0. The minimum absolute atomic E-state index is 0.610. The average molecular weight is 278 g/mol. The lowest BCUT2D eigenvalue weighted by Crippen LogP contribution is -2.46. The van der Waals surface area contributed by atoms with Gasteiger partial charge in [-0.1, -0.05) is 18.9 Å². The normalized spacial score (nSPS) is 27.7. The monoisotopic (exact) mass is 278 g/mol. The number of hydrogen-bond acceptors (Lipinski definition) is 3. The van der Waals surface area contributed by atoms with Crippen molar-refractivity contribution in [2.24, 2.45) is 5.92 Å². The van der Waals surface area contributed by atoms with Gasteiger partial charge in [-0.05, 0) is 56.6 Å². The molecule has 2 nitrogen and oxygen atoms in total. The lowest BCUT2D eigenvalue weighted by atomic mass is 9.94. The Bertz CT molecular complexity index is 370. The van der Waals surface area contributed by atoms with Gasteiger partial charge in [0, 0.05) is 23.5 Å². The Morgan fingerprint density at radius 1 is 1.26 bits per heavy atom. The standard InChI is InChI=1S/C16H26N2S/c1-18-10-4-8-14(12-18)17-16(13-6-2-3-7-13)15-9-5-11-19-15/h5,9,11,13-14,16-17H,2-4,6-8,10,12H2,1H3. The molecule has 3 rings (SSSR count). The second-order valence-corrected chi connectivity index (χ2v) is 7.28. The second-order valence-electron chi connectivity index (χ2n) is 6.31. The smallest absolute Gasteiger partial charge is 0.0445 e. The van der Waals surface area contributed by atoms with Crippen LogP contribution in [0.1, 0.15) is 49.4 Å². The quantitative estimate of drug-likeness (QED) is 0.904. The number of hydrogen-bond donors (Lipinski definition) is 1. The zero-order valence-corrected chi connectivity index (χ0v) is 12.8. The molecule has 0 bridgehead atoms. The summed E-state index contributed by atoms with van der Waals surface area (Å²) in [6, 6.07) is 5.83. The molecule has 1 aliphatic carbocycles. The van der Waals surface area contributed by atoms with Gasteiger partial charge in [-0.15, -0.1) is 11.3 Å². The summed E-state index contributed by atoms with van der Waals surface area (Å²) in [6.07, 6.45) is 8.38. The molecule has 2 aliphatic rings. The molecule has 1 aliphatic heterocycles. The number of thiophene rings is 1. The van der Waals surface area contributed by atoms with Gasteiger partial charge in [0.1, 0.15) is 0 Å². The van der Waals surface area contributed by atoms with E-state index >= 15 is 0 Å². The molecule has 3 heteroatoms. The molecule has 2 unspecified atom stereocenters. The van der Waals surface area contributed by atoms with Crippen molar-refractivity contribution in [1.29, 1.82) is 0 Å². The largest absolute Gasteiger partial charge is 0.305 e. The van der Waals surface area contributed by atoms with Crippen LogP contribution in [-0.2, 0) is 0 Å². The summed E-state index contributed by atoms with van der Waals surface area (Å²) in [4.78, 5) is 4.03. The van der Waals surface area contributed by atoms with Gasteiger partial charge < -0.3 is 10.2 Å². The fourth-order valence-electron chi connectivity index (χ4n) is 3.77. The predicted molar refractivity (Wildman–Crippen MR) is 82.7 cm³/mol. The molecular formula is C16H26N2S. The highest BCUT2D eigenvalue weighted by atomic mass is 32.1. The van der Waals surface area contributed by atoms with Crippen molar-refractivity contribution < 1.29 is 0 Å².